The maximum Gasteiger partial charge on any atom is 0.241 e. The van der Waals surface area contributed by atoms with E-state index in [1.165, 1.54) is 12.1 Å². The molecule has 0 spiro atoms. The van der Waals surface area contributed by atoms with Gasteiger partial charge in [-0.2, -0.15) is 0 Å². The molecular weight excluding hydrogens is 295 g/mol. The minimum absolute atomic E-state index is 0.0643. The largest absolute Gasteiger partial charge is 0.489 e. The first-order valence-corrected chi connectivity index (χ1v) is 7.49. The Morgan fingerprint density at radius 2 is 1.96 bits per heavy atom. The lowest BCUT2D eigenvalue weighted by atomic mass is 10.0. The second-order valence-electron chi connectivity index (χ2n) is 5.71. The predicted molar refractivity (Wildman–Crippen MR) is 88.6 cm³/mol. The van der Waals surface area contributed by atoms with Crippen molar-refractivity contribution >= 4 is 11.6 Å². The van der Waals surface area contributed by atoms with Crippen molar-refractivity contribution in [2.45, 2.75) is 26.5 Å². The molecule has 0 heterocycles. The molecule has 0 fully saturated rings. The van der Waals surface area contributed by atoms with Gasteiger partial charge < -0.3 is 15.8 Å². The highest BCUT2D eigenvalue weighted by Gasteiger charge is 2.17. The normalized spacial score (nSPS) is 12.0. The van der Waals surface area contributed by atoms with Crippen molar-refractivity contribution in [3.05, 3.63) is 59.9 Å². The second kappa shape index (κ2) is 7.74. The first-order valence-electron chi connectivity index (χ1n) is 7.49. The summed E-state index contributed by atoms with van der Waals surface area (Å²) in [7, 11) is 0. The second-order valence-corrected chi connectivity index (χ2v) is 5.71. The van der Waals surface area contributed by atoms with Crippen molar-refractivity contribution in [1.29, 1.82) is 0 Å². The van der Waals surface area contributed by atoms with Crippen molar-refractivity contribution < 1.29 is 13.9 Å². The molecule has 1 unspecified atom stereocenters. The van der Waals surface area contributed by atoms with Crippen LogP contribution in [0.2, 0.25) is 0 Å². The van der Waals surface area contributed by atoms with Gasteiger partial charge in [-0.15, -0.1) is 0 Å². The molecule has 0 aliphatic rings. The third-order valence-electron chi connectivity index (χ3n) is 3.42. The maximum atomic E-state index is 13.1. The molecule has 2 rings (SSSR count). The van der Waals surface area contributed by atoms with Crippen molar-refractivity contribution in [2.24, 2.45) is 11.7 Å². The average molecular weight is 316 g/mol. The van der Waals surface area contributed by atoms with Crippen LogP contribution in [-0.4, -0.2) is 11.9 Å². The Balaban J connectivity index is 1.98. The molecule has 2 aromatic rings. The molecule has 0 radical (unpaired) electrons. The summed E-state index contributed by atoms with van der Waals surface area (Å²) in [5, 5.41) is 2.79. The van der Waals surface area contributed by atoms with Gasteiger partial charge in [0.2, 0.25) is 5.91 Å². The highest BCUT2D eigenvalue weighted by Crippen LogP contribution is 2.16. The molecule has 1 amide bonds. The number of anilines is 1. The van der Waals surface area contributed by atoms with Gasteiger partial charge in [0.05, 0.1) is 6.04 Å². The van der Waals surface area contributed by atoms with Crippen molar-refractivity contribution in [3.8, 4) is 5.75 Å². The van der Waals surface area contributed by atoms with E-state index in [2.05, 4.69) is 5.32 Å². The van der Waals surface area contributed by atoms with Crippen molar-refractivity contribution in [1.82, 2.24) is 0 Å². The van der Waals surface area contributed by atoms with Crippen LogP contribution in [-0.2, 0) is 11.4 Å². The number of carbonyl (C=O) groups excluding carboxylic acids is 1. The standard InChI is InChI=1S/C18H21FN2O2/c1-12(2)17(20)18(22)21-15-7-3-5-13(9-15)11-23-16-8-4-6-14(19)10-16/h3-10,12,17H,11,20H2,1-2H3,(H,21,22). The van der Waals surface area contributed by atoms with E-state index >= 15 is 0 Å². The Morgan fingerprint density at radius 1 is 1.22 bits per heavy atom. The minimum Gasteiger partial charge on any atom is -0.489 e. The molecule has 2 aromatic carbocycles. The van der Waals surface area contributed by atoms with Gasteiger partial charge in [-0.3, -0.25) is 4.79 Å². The summed E-state index contributed by atoms with van der Waals surface area (Å²) in [6.45, 7) is 4.07. The molecule has 0 bridgehead atoms. The first kappa shape index (κ1) is 17.0. The van der Waals surface area contributed by atoms with Gasteiger partial charge in [0, 0.05) is 11.8 Å². The van der Waals surface area contributed by atoms with Crippen molar-refractivity contribution in [3.63, 3.8) is 0 Å². The highest BCUT2D eigenvalue weighted by molar-refractivity contribution is 5.94. The Hall–Kier alpha value is -2.40. The van der Waals surface area contributed by atoms with Crippen LogP contribution < -0.4 is 15.8 Å². The molecule has 0 saturated carbocycles. The molecule has 0 saturated heterocycles. The monoisotopic (exact) mass is 316 g/mol. The lowest BCUT2D eigenvalue weighted by molar-refractivity contribution is -0.118. The quantitative estimate of drug-likeness (QED) is 0.859. The van der Waals surface area contributed by atoms with Gasteiger partial charge >= 0.3 is 0 Å². The summed E-state index contributed by atoms with van der Waals surface area (Å²) in [5.41, 5.74) is 7.35. The summed E-state index contributed by atoms with van der Waals surface area (Å²) >= 11 is 0. The van der Waals surface area contributed by atoms with E-state index in [1.807, 2.05) is 32.0 Å². The van der Waals surface area contributed by atoms with E-state index in [0.29, 0.717) is 11.4 Å². The first-order chi connectivity index (χ1) is 11.0. The van der Waals surface area contributed by atoms with Crippen LogP contribution in [0.5, 0.6) is 5.75 Å². The fourth-order valence-corrected chi connectivity index (χ4v) is 1.99. The summed E-state index contributed by atoms with van der Waals surface area (Å²) in [5.74, 6) is -0.0369. The van der Waals surface area contributed by atoms with Gasteiger partial charge in [-0.1, -0.05) is 32.0 Å². The zero-order valence-corrected chi connectivity index (χ0v) is 13.3. The van der Waals surface area contributed by atoms with Gasteiger partial charge in [-0.05, 0) is 35.7 Å². The van der Waals surface area contributed by atoms with E-state index in [-0.39, 0.29) is 24.2 Å². The van der Waals surface area contributed by atoms with E-state index in [0.717, 1.165) is 5.56 Å². The number of rotatable bonds is 6. The smallest absolute Gasteiger partial charge is 0.241 e. The van der Waals surface area contributed by atoms with Crippen LogP contribution in [0.15, 0.2) is 48.5 Å². The number of benzene rings is 2. The summed E-state index contributed by atoms with van der Waals surface area (Å²) in [6.07, 6.45) is 0. The average Bonchev–Trinajstić information content (AvgIpc) is 2.52. The van der Waals surface area contributed by atoms with E-state index in [1.54, 1.807) is 18.2 Å². The Kier molecular flexibility index (Phi) is 5.71. The highest BCUT2D eigenvalue weighted by atomic mass is 19.1. The number of hydrogen-bond donors (Lipinski definition) is 2. The lowest BCUT2D eigenvalue weighted by Crippen LogP contribution is -2.39. The molecule has 0 aliphatic carbocycles. The predicted octanol–water partition coefficient (Wildman–Crippen LogP) is 3.33. The topological polar surface area (TPSA) is 64.4 Å². The Labute approximate surface area is 135 Å². The zero-order chi connectivity index (χ0) is 16.8. The number of nitrogens with one attached hydrogen (secondary N) is 1. The van der Waals surface area contributed by atoms with Gasteiger partial charge in [-0.25, -0.2) is 4.39 Å². The number of amides is 1. The molecular formula is C18H21FN2O2. The van der Waals surface area contributed by atoms with Gasteiger partial charge in [0.25, 0.3) is 0 Å². The number of hydrogen-bond acceptors (Lipinski definition) is 3. The van der Waals surface area contributed by atoms with Gasteiger partial charge in [0.15, 0.2) is 0 Å². The fourth-order valence-electron chi connectivity index (χ4n) is 1.99. The van der Waals surface area contributed by atoms with E-state index in [9.17, 15) is 9.18 Å². The number of ether oxygens (including phenoxy) is 1. The zero-order valence-electron chi connectivity index (χ0n) is 13.3. The summed E-state index contributed by atoms with van der Waals surface area (Å²) in [4.78, 5) is 12.0. The van der Waals surface area contributed by atoms with Gasteiger partial charge in [0.1, 0.15) is 18.2 Å². The number of halogens is 1. The molecule has 0 aromatic heterocycles. The number of carbonyl (C=O) groups is 1. The molecule has 4 nitrogen and oxygen atoms in total. The molecule has 3 N–H and O–H groups in total. The Morgan fingerprint density at radius 3 is 2.65 bits per heavy atom. The molecule has 1 atom stereocenters. The van der Waals surface area contributed by atoms with Crippen LogP contribution in [0.4, 0.5) is 10.1 Å². The van der Waals surface area contributed by atoms with Crippen LogP contribution >= 0.6 is 0 Å². The Bertz CT molecular complexity index is 674. The maximum absolute atomic E-state index is 13.1. The number of nitrogens with two attached hydrogens (primary N) is 1. The minimum atomic E-state index is -0.554. The van der Waals surface area contributed by atoms with E-state index in [4.69, 9.17) is 10.5 Å². The molecule has 5 heteroatoms. The molecule has 23 heavy (non-hydrogen) atoms. The van der Waals surface area contributed by atoms with Crippen LogP contribution in [0.1, 0.15) is 19.4 Å². The summed E-state index contributed by atoms with van der Waals surface area (Å²) < 4.78 is 18.6. The molecule has 122 valence electrons. The van der Waals surface area contributed by atoms with Crippen LogP contribution in [0, 0.1) is 11.7 Å². The lowest BCUT2D eigenvalue weighted by Gasteiger charge is -2.15. The van der Waals surface area contributed by atoms with E-state index < -0.39 is 6.04 Å². The third-order valence-corrected chi connectivity index (χ3v) is 3.42. The third kappa shape index (κ3) is 5.07. The van der Waals surface area contributed by atoms with Crippen LogP contribution in [0.25, 0.3) is 0 Å². The van der Waals surface area contributed by atoms with Crippen molar-refractivity contribution in [2.75, 3.05) is 5.32 Å². The molecule has 0 aliphatic heterocycles. The fraction of sp³-hybridized carbons (Fsp3) is 0.278. The SMILES string of the molecule is CC(C)C(N)C(=O)Nc1cccc(COc2cccc(F)c2)c1. The summed E-state index contributed by atoms with van der Waals surface area (Å²) in [6, 6.07) is 12.7. The van der Waals surface area contributed by atoms with Crippen LogP contribution in [0.3, 0.4) is 0 Å².